The number of anilines is 2. The molecule has 2 heterocycles. The quantitative estimate of drug-likeness (QED) is 0.223. The lowest BCUT2D eigenvalue weighted by Gasteiger charge is -2.49. The maximum absolute atomic E-state index is 14.8. The fourth-order valence-electron chi connectivity index (χ4n) is 7.79. The van der Waals surface area contributed by atoms with Gasteiger partial charge in [-0.15, -0.1) is 0 Å². The van der Waals surface area contributed by atoms with Crippen molar-refractivity contribution in [3.8, 4) is 5.75 Å². The molecule has 3 fully saturated rings. The van der Waals surface area contributed by atoms with Crippen LogP contribution in [0.25, 0.3) is 0 Å². The average molecular weight is 676 g/mol. The van der Waals surface area contributed by atoms with Gasteiger partial charge in [-0.3, -0.25) is 24.1 Å². The number of benzene rings is 3. The van der Waals surface area contributed by atoms with Crippen LogP contribution in [0.4, 0.5) is 15.8 Å². The number of hydrogen-bond donors (Lipinski definition) is 1. The van der Waals surface area contributed by atoms with E-state index in [0.29, 0.717) is 16.9 Å². The molecule has 7 nitrogen and oxygen atoms in total. The van der Waals surface area contributed by atoms with Crippen LogP contribution in [-0.4, -0.2) is 28.7 Å². The molecular weight excluding hydrogens is 650 g/mol. The molecule has 2 aliphatic carbocycles. The second-order valence-electron chi connectivity index (χ2n) is 11.7. The van der Waals surface area contributed by atoms with Crippen LogP contribution in [0.1, 0.15) is 31.2 Å². The Morgan fingerprint density at radius 3 is 2.24 bits per heavy atom. The highest BCUT2D eigenvalue weighted by Gasteiger charge is 2.68. The van der Waals surface area contributed by atoms with Crippen LogP contribution in [0.5, 0.6) is 5.75 Å². The lowest BCUT2D eigenvalue weighted by Crippen LogP contribution is -2.49. The molecule has 4 aliphatic rings. The Hall–Kier alpha value is -3.86. The highest BCUT2D eigenvalue weighted by molar-refractivity contribution is 14.1. The molecule has 0 aromatic heterocycles. The van der Waals surface area contributed by atoms with Gasteiger partial charge in [0.05, 0.1) is 34.5 Å². The van der Waals surface area contributed by atoms with Crippen LogP contribution in [0, 0.1) is 38.5 Å². The highest BCUT2D eigenvalue weighted by Crippen LogP contribution is 2.64. The van der Waals surface area contributed by atoms with Gasteiger partial charge < -0.3 is 5.11 Å². The third-order valence-corrected chi connectivity index (χ3v) is 10.4. The van der Waals surface area contributed by atoms with E-state index in [0.717, 1.165) is 9.64 Å². The summed E-state index contributed by atoms with van der Waals surface area (Å²) in [4.78, 5) is 58.6. The molecule has 1 saturated carbocycles. The molecule has 1 N–H and O–H groups in total. The number of phenolic OH excluding ortho intramolecular Hbond substituents is 1. The standard InChI is InChI=1S/C33H26FIN2O5/c1-33-24(30(40)37(32(33)42)18-6-3-2-4-7-18)16-23-20(27(33)22-8-5-9-25(34)28(22)38)14-15-21-26(23)31(41)36(29(21)39)19-12-10-17(35)11-13-19/h2-14,21,23-24,26-27,38H,15-16H2,1H3/t21-,23+,24-,26-,27+,33+/m0/s1. The van der Waals surface area contributed by atoms with Gasteiger partial charge in [0, 0.05) is 15.1 Å². The third-order valence-electron chi connectivity index (χ3n) is 9.70. The van der Waals surface area contributed by atoms with Crippen molar-refractivity contribution in [2.24, 2.45) is 29.1 Å². The van der Waals surface area contributed by atoms with Crippen molar-refractivity contribution >= 4 is 57.6 Å². The van der Waals surface area contributed by atoms with Crippen LogP contribution in [-0.2, 0) is 19.2 Å². The van der Waals surface area contributed by atoms with Crippen molar-refractivity contribution in [1.82, 2.24) is 0 Å². The summed E-state index contributed by atoms with van der Waals surface area (Å²) in [5, 5.41) is 11.0. The maximum atomic E-state index is 14.8. The van der Waals surface area contributed by atoms with E-state index in [9.17, 15) is 28.7 Å². The number of imide groups is 2. The predicted molar refractivity (Wildman–Crippen MR) is 161 cm³/mol. The van der Waals surface area contributed by atoms with E-state index in [4.69, 9.17) is 0 Å². The molecular formula is C33H26FIN2O5. The average Bonchev–Trinajstić information content (AvgIpc) is 3.35. The minimum atomic E-state index is -1.35. The molecule has 3 aromatic rings. The molecule has 212 valence electrons. The number of carbonyl (C=O) groups excluding carboxylic acids is 4. The number of phenols is 1. The second kappa shape index (κ2) is 9.58. The van der Waals surface area contributed by atoms with E-state index in [1.807, 2.05) is 18.2 Å². The summed E-state index contributed by atoms with van der Waals surface area (Å²) < 4.78 is 15.8. The molecule has 4 amide bonds. The monoisotopic (exact) mass is 676 g/mol. The number of aromatic hydroxyl groups is 1. The minimum absolute atomic E-state index is 0.184. The molecule has 2 aliphatic heterocycles. The summed E-state index contributed by atoms with van der Waals surface area (Å²) in [7, 11) is 0. The Morgan fingerprint density at radius 2 is 1.52 bits per heavy atom. The number of para-hydroxylation sites is 2. The highest BCUT2D eigenvalue weighted by atomic mass is 127. The predicted octanol–water partition coefficient (Wildman–Crippen LogP) is 5.57. The van der Waals surface area contributed by atoms with Crippen LogP contribution in [0.3, 0.4) is 0 Å². The first-order chi connectivity index (χ1) is 20.1. The van der Waals surface area contributed by atoms with Crippen molar-refractivity contribution in [2.45, 2.75) is 25.7 Å². The SMILES string of the molecule is C[C@@]12C(=O)N(c3ccccc3)C(=O)[C@@H]1C[C@@H]1C(=CC[C@@H]3C(=O)N(c4ccc(I)cc4)C(=O)[C@@H]31)[C@@H]2c1cccc(F)c1O. The van der Waals surface area contributed by atoms with Crippen molar-refractivity contribution in [3.05, 3.63) is 99.4 Å². The van der Waals surface area contributed by atoms with Crippen LogP contribution < -0.4 is 9.80 Å². The van der Waals surface area contributed by atoms with Crippen molar-refractivity contribution < 1.29 is 28.7 Å². The van der Waals surface area contributed by atoms with Gasteiger partial charge in [0.2, 0.25) is 23.6 Å². The lowest BCUT2D eigenvalue weighted by atomic mass is 9.51. The number of carbonyl (C=O) groups is 4. The van der Waals surface area contributed by atoms with E-state index >= 15 is 0 Å². The molecule has 3 aromatic carbocycles. The summed E-state index contributed by atoms with van der Waals surface area (Å²) >= 11 is 2.16. The Balaban J connectivity index is 1.38. The second-order valence-corrected chi connectivity index (χ2v) is 12.9. The van der Waals surface area contributed by atoms with Crippen molar-refractivity contribution in [1.29, 1.82) is 0 Å². The molecule has 42 heavy (non-hydrogen) atoms. The van der Waals surface area contributed by atoms with E-state index in [2.05, 4.69) is 22.6 Å². The summed E-state index contributed by atoms with van der Waals surface area (Å²) in [6.45, 7) is 1.71. The zero-order valence-electron chi connectivity index (χ0n) is 22.5. The number of hydrogen-bond acceptors (Lipinski definition) is 5. The van der Waals surface area contributed by atoms with E-state index < -0.39 is 58.4 Å². The number of rotatable bonds is 3. The smallest absolute Gasteiger partial charge is 0.241 e. The largest absolute Gasteiger partial charge is 0.505 e. The normalized spacial score (nSPS) is 30.3. The van der Waals surface area contributed by atoms with Crippen LogP contribution in [0.15, 0.2) is 84.4 Å². The minimum Gasteiger partial charge on any atom is -0.505 e. The Labute approximate surface area is 255 Å². The van der Waals surface area contributed by atoms with Crippen LogP contribution >= 0.6 is 22.6 Å². The topological polar surface area (TPSA) is 95.0 Å². The molecule has 2 saturated heterocycles. The summed E-state index contributed by atoms with van der Waals surface area (Å²) in [6, 6.07) is 20.0. The summed E-state index contributed by atoms with van der Waals surface area (Å²) in [5.41, 5.74) is 0.451. The van der Waals surface area contributed by atoms with E-state index in [1.54, 1.807) is 55.5 Å². The first-order valence-corrected chi connectivity index (χ1v) is 15.0. The van der Waals surface area contributed by atoms with Gasteiger partial charge in [-0.05, 0) is 90.7 Å². The third kappa shape index (κ3) is 3.61. The van der Waals surface area contributed by atoms with Gasteiger partial charge in [-0.25, -0.2) is 9.29 Å². The number of amides is 4. The zero-order valence-corrected chi connectivity index (χ0v) is 24.7. The molecule has 0 unspecified atom stereocenters. The Kier molecular flexibility index (Phi) is 6.16. The molecule has 9 heteroatoms. The maximum Gasteiger partial charge on any atom is 0.241 e. The first kappa shape index (κ1) is 27.0. The van der Waals surface area contributed by atoms with E-state index in [1.165, 1.54) is 15.9 Å². The fourth-order valence-corrected chi connectivity index (χ4v) is 8.15. The van der Waals surface area contributed by atoms with Gasteiger partial charge in [0.1, 0.15) is 0 Å². The van der Waals surface area contributed by atoms with Crippen molar-refractivity contribution in [3.63, 3.8) is 0 Å². The Bertz CT molecular complexity index is 1710. The van der Waals surface area contributed by atoms with E-state index in [-0.39, 0.29) is 30.2 Å². The van der Waals surface area contributed by atoms with Gasteiger partial charge in [0.25, 0.3) is 0 Å². The van der Waals surface area contributed by atoms with Crippen LogP contribution in [0.2, 0.25) is 0 Å². The number of allylic oxidation sites excluding steroid dienone is 2. The lowest BCUT2D eigenvalue weighted by molar-refractivity contribution is -0.131. The number of nitrogens with zero attached hydrogens (tertiary/aromatic N) is 2. The Morgan fingerprint density at radius 1 is 0.833 bits per heavy atom. The zero-order chi connectivity index (χ0) is 29.5. The fraction of sp³-hybridized carbons (Fsp3) is 0.273. The summed E-state index contributed by atoms with van der Waals surface area (Å²) in [5.74, 6) is -6.53. The number of fused-ring (bicyclic) bond motifs is 4. The van der Waals surface area contributed by atoms with Gasteiger partial charge in [-0.2, -0.15) is 0 Å². The molecule has 7 rings (SSSR count). The van der Waals surface area contributed by atoms with Gasteiger partial charge >= 0.3 is 0 Å². The first-order valence-electron chi connectivity index (χ1n) is 13.9. The number of halogens is 2. The van der Waals surface area contributed by atoms with Crippen molar-refractivity contribution in [2.75, 3.05) is 9.80 Å². The van der Waals surface area contributed by atoms with Gasteiger partial charge in [0.15, 0.2) is 11.6 Å². The molecule has 0 spiro atoms. The molecule has 6 atom stereocenters. The molecule has 0 bridgehead atoms. The van der Waals surface area contributed by atoms with Gasteiger partial charge in [-0.1, -0.05) is 42.0 Å². The molecule has 0 radical (unpaired) electrons. The summed E-state index contributed by atoms with van der Waals surface area (Å²) in [6.07, 6.45) is 2.33.